The number of amides is 1. The van der Waals surface area contributed by atoms with Crippen molar-refractivity contribution in [3.05, 3.63) is 77.9 Å². The van der Waals surface area contributed by atoms with Gasteiger partial charge in [0.05, 0.1) is 12.1 Å². The molecule has 0 aromatic heterocycles. The summed E-state index contributed by atoms with van der Waals surface area (Å²) in [5, 5.41) is 13.1. The summed E-state index contributed by atoms with van der Waals surface area (Å²) in [6.07, 6.45) is -0.266. The SMILES string of the molecule is CCN1C(=O)[C@@](O)(CC(=O)c2ccc3ccccc3c2)c2ccccc21. The molecule has 4 rings (SSSR count). The third-order valence-electron chi connectivity index (χ3n) is 5.04. The quantitative estimate of drug-likeness (QED) is 0.734. The van der Waals surface area contributed by atoms with Gasteiger partial charge in [0.2, 0.25) is 0 Å². The number of benzene rings is 3. The Bertz CT molecular complexity index is 1030. The number of nitrogens with zero attached hydrogens (tertiary/aromatic N) is 1. The van der Waals surface area contributed by atoms with Crippen molar-refractivity contribution >= 4 is 28.2 Å². The van der Waals surface area contributed by atoms with Crippen LogP contribution < -0.4 is 4.90 Å². The van der Waals surface area contributed by atoms with Crippen LogP contribution in [0.2, 0.25) is 0 Å². The second kappa shape index (κ2) is 6.07. The largest absolute Gasteiger partial charge is 0.375 e. The number of ketones is 1. The Balaban J connectivity index is 1.71. The zero-order chi connectivity index (χ0) is 18.3. The van der Waals surface area contributed by atoms with Gasteiger partial charge in [-0.05, 0) is 29.8 Å². The molecule has 1 aliphatic heterocycles. The molecule has 0 fully saturated rings. The molecule has 3 aromatic rings. The van der Waals surface area contributed by atoms with E-state index in [0.29, 0.717) is 23.4 Å². The van der Waals surface area contributed by atoms with Gasteiger partial charge in [-0.1, -0.05) is 54.6 Å². The number of rotatable bonds is 4. The minimum absolute atomic E-state index is 0.251. The fraction of sp³-hybridized carbons (Fsp3) is 0.182. The number of likely N-dealkylation sites (N-methyl/N-ethyl adjacent to an activating group) is 1. The summed E-state index contributed by atoms with van der Waals surface area (Å²) in [7, 11) is 0. The van der Waals surface area contributed by atoms with Crippen LogP contribution in [0.4, 0.5) is 5.69 Å². The van der Waals surface area contributed by atoms with Crippen LogP contribution in [0.3, 0.4) is 0 Å². The van der Waals surface area contributed by atoms with E-state index < -0.39 is 11.5 Å². The van der Waals surface area contributed by atoms with Crippen LogP contribution in [-0.4, -0.2) is 23.3 Å². The molecular formula is C22H19NO3. The Morgan fingerprint density at radius 2 is 1.69 bits per heavy atom. The number of fused-ring (bicyclic) bond motifs is 2. The van der Waals surface area contributed by atoms with Crippen LogP contribution in [-0.2, 0) is 10.4 Å². The second-order valence-electron chi connectivity index (χ2n) is 6.59. The molecule has 0 saturated carbocycles. The highest BCUT2D eigenvalue weighted by atomic mass is 16.3. The van der Waals surface area contributed by atoms with Crippen LogP contribution >= 0.6 is 0 Å². The molecule has 0 bridgehead atoms. The Morgan fingerprint density at radius 1 is 1.00 bits per heavy atom. The topological polar surface area (TPSA) is 57.6 Å². The third-order valence-corrected chi connectivity index (χ3v) is 5.04. The van der Waals surface area contributed by atoms with E-state index in [1.54, 1.807) is 24.3 Å². The van der Waals surface area contributed by atoms with Gasteiger partial charge in [0.1, 0.15) is 0 Å². The Labute approximate surface area is 151 Å². The van der Waals surface area contributed by atoms with Crippen molar-refractivity contribution in [1.29, 1.82) is 0 Å². The van der Waals surface area contributed by atoms with E-state index in [9.17, 15) is 14.7 Å². The van der Waals surface area contributed by atoms with Crippen molar-refractivity contribution in [2.24, 2.45) is 0 Å². The van der Waals surface area contributed by atoms with Gasteiger partial charge in [-0.2, -0.15) is 0 Å². The van der Waals surface area contributed by atoms with Gasteiger partial charge in [0, 0.05) is 17.7 Å². The molecule has 1 heterocycles. The molecule has 3 aromatic carbocycles. The molecule has 1 atom stereocenters. The fourth-order valence-corrected chi connectivity index (χ4v) is 3.69. The van der Waals surface area contributed by atoms with Crippen LogP contribution in [0.25, 0.3) is 10.8 Å². The molecular weight excluding hydrogens is 326 g/mol. The normalized spacial score (nSPS) is 19.0. The number of carbonyl (C=O) groups excluding carboxylic acids is 2. The molecule has 1 aliphatic rings. The van der Waals surface area contributed by atoms with Gasteiger partial charge in [0.25, 0.3) is 5.91 Å². The molecule has 4 nitrogen and oxygen atoms in total. The molecule has 130 valence electrons. The highest BCUT2D eigenvalue weighted by molar-refractivity contribution is 6.11. The lowest BCUT2D eigenvalue weighted by molar-refractivity contribution is -0.135. The van der Waals surface area contributed by atoms with Crippen LogP contribution in [0.15, 0.2) is 66.7 Å². The summed E-state index contributed by atoms with van der Waals surface area (Å²) in [5.41, 5.74) is -0.137. The van der Waals surface area contributed by atoms with E-state index in [-0.39, 0.29) is 12.2 Å². The average Bonchev–Trinajstić information content (AvgIpc) is 2.88. The third kappa shape index (κ3) is 2.42. The second-order valence-corrected chi connectivity index (χ2v) is 6.59. The van der Waals surface area contributed by atoms with Gasteiger partial charge in [0.15, 0.2) is 11.4 Å². The van der Waals surface area contributed by atoms with Gasteiger partial charge < -0.3 is 10.0 Å². The van der Waals surface area contributed by atoms with Crippen LogP contribution in [0.1, 0.15) is 29.3 Å². The summed E-state index contributed by atoms with van der Waals surface area (Å²) < 4.78 is 0. The molecule has 0 aliphatic carbocycles. The summed E-state index contributed by atoms with van der Waals surface area (Å²) in [6.45, 7) is 2.30. The fourth-order valence-electron chi connectivity index (χ4n) is 3.69. The van der Waals surface area contributed by atoms with E-state index in [4.69, 9.17) is 0 Å². The van der Waals surface area contributed by atoms with Gasteiger partial charge in [-0.25, -0.2) is 0 Å². The van der Waals surface area contributed by atoms with E-state index in [2.05, 4.69) is 0 Å². The Hall–Kier alpha value is -2.98. The molecule has 0 spiro atoms. The first kappa shape index (κ1) is 16.5. The van der Waals surface area contributed by atoms with Crippen molar-refractivity contribution in [1.82, 2.24) is 0 Å². The average molecular weight is 345 g/mol. The van der Waals surface area contributed by atoms with E-state index in [1.807, 2.05) is 49.4 Å². The molecule has 4 heteroatoms. The van der Waals surface area contributed by atoms with Crippen molar-refractivity contribution in [3.8, 4) is 0 Å². The lowest BCUT2D eigenvalue weighted by atomic mass is 9.88. The summed E-state index contributed by atoms with van der Waals surface area (Å²) in [5.74, 6) is -0.685. The maximum absolute atomic E-state index is 12.9. The molecule has 0 unspecified atom stereocenters. The minimum atomic E-state index is -1.81. The number of Topliss-reactive ketones (excluding diaryl/α,β-unsaturated/α-hetero) is 1. The zero-order valence-electron chi connectivity index (χ0n) is 14.5. The predicted octanol–water partition coefficient (Wildman–Crippen LogP) is 3.67. The Morgan fingerprint density at radius 3 is 2.46 bits per heavy atom. The lowest BCUT2D eigenvalue weighted by Gasteiger charge is -2.22. The first-order valence-electron chi connectivity index (χ1n) is 8.70. The first-order valence-corrected chi connectivity index (χ1v) is 8.70. The molecule has 1 amide bonds. The van der Waals surface area contributed by atoms with E-state index >= 15 is 0 Å². The predicted molar refractivity (Wildman–Crippen MR) is 101 cm³/mol. The summed E-state index contributed by atoms with van der Waals surface area (Å²) >= 11 is 0. The van der Waals surface area contributed by atoms with Gasteiger partial charge in [-0.3, -0.25) is 9.59 Å². The van der Waals surface area contributed by atoms with Crippen LogP contribution in [0.5, 0.6) is 0 Å². The van der Waals surface area contributed by atoms with Gasteiger partial charge >= 0.3 is 0 Å². The number of anilines is 1. The molecule has 0 saturated heterocycles. The van der Waals surface area contributed by atoms with Crippen LogP contribution in [0, 0.1) is 0 Å². The lowest BCUT2D eigenvalue weighted by Crippen LogP contribution is -2.41. The van der Waals surface area contributed by atoms with Crippen molar-refractivity contribution < 1.29 is 14.7 Å². The number of para-hydroxylation sites is 1. The number of hydrogen-bond donors (Lipinski definition) is 1. The van der Waals surface area contributed by atoms with Gasteiger partial charge in [-0.15, -0.1) is 0 Å². The van der Waals surface area contributed by atoms with Crippen molar-refractivity contribution in [3.63, 3.8) is 0 Å². The molecule has 26 heavy (non-hydrogen) atoms. The number of aliphatic hydroxyl groups is 1. The van der Waals surface area contributed by atoms with E-state index in [1.165, 1.54) is 4.90 Å². The highest BCUT2D eigenvalue weighted by Gasteiger charge is 2.50. The molecule has 1 N–H and O–H groups in total. The van der Waals surface area contributed by atoms with Crippen molar-refractivity contribution in [2.45, 2.75) is 18.9 Å². The Kier molecular flexibility index (Phi) is 3.85. The first-order chi connectivity index (χ1) is 12.5. The maximum atomic E-state index is 12.9. The number of carbonyl (C=O) groups is 2. The van der Waals surface area contributed by atoms with E-state index in [0.717, 1.165) is 10.8 Å². The summed E-state index contributed by atoms with van der Waals surface area (Å²) in [4.78, 5) is 27.2. The summed E-state index contributed by atoms with van der Waals surface area (Å²) in [6, 6.07) is 20.3. The highest BCUT2D eigenvalue weighted by Crippen LogP contribution is 2.42. The molecule has 0 radical (unpaired) electrons. The number of hydrogen-bond acceptors (Lipinski definition) is 3. The standard InChI is InChI=1S/C22H19NO3/c1-2-23-19-10-6-5-9-18(19)22(26,21(23)25)14-20(24)17-12-11-15-7-3-4-8-16(15)13-17/h3-13,26H,2,14H2,1H3/t22-/m1/s1. The maximum Gasteiger partial charge on any atom is 0.264 e. The minimum Gasteiger partial charge on any atom is -0.375 e. The van der Waals surface area contributed by atoms with Crippen molar-refractivity contribution in [2.75, 3.05) is 11.4 Å². The smallest absolute Gasteiger partial charge is 0.264 e. The monoisotopic (exact) mass is 345 g/mol. The zero-order valence-corrected chi connectivity index (χ0v) is 14.5.